The molecule has 0 amide bonds. The van der Waals surface area contributed by atoms with Gasteiger partial charge < -0.3 is 9.44 Å². The first kappa shape index (κ1) is 10.6. The molecule has 0 fully saturated rings. The summed E-state index contributed by atoms with van der Waals surface area (Å²) in [5.41, 5.74) is 0.748. The van der Waals surface area contributed by atoms with Crippen LogP contribution in [0.1, 0.15) is 5.69 Å². The minimum Gasteiger partial charge on any atom is -0.480 e. The van der Waals surface area contributed by atoms with Gasteiger partial charge >= 0.3 is 5.97 Å². The summed E-state index contributed by atoms with van der Waals surface area (Å²) in [6.07, 6.45) is 3.75. The van der Waals surface area contributed by atoms with E-state index in [0.29, 0.717) is 6.42 Å². The van der Waals surface area contributed by atoms with E-state index in [1.54, 1.807) is 16.9 Å². The number of hydrogen-bond acceptors (Lipinski definition) is 3. The molecule has 1 aromatic heterocycles. The summed E-state index contributed by atoms with van der Waals surface area (Å²) in [6.45, 7) is 0. The molecule has 3 atom stereocenters. The van der Waals surface area contributed by atoms with Crippen molar-refractivity contribution in [1.29, 1.82) is 0 Å². The highest BCUT2D eigenvalue weighted by molar-refractivity contribution is 7.14. The summed E-state index contributed by atoms with van der Waals surface area (Å²) in [4.78, 5) is 14.6. The van der Waals surface area contributed by atoms with Crippen molar-refractivity contribution in [3.63, 3.8) is 0 Å². The summed E-state index contributed by atoms with van der Waals surface area (Å²) < 4.78 is 1.71. The molecule has 7 heteroatoms. The molecule has 3 unspecified atom stereocenters. The normalized spacial score (nSPS) is 12.8. The first-order chi connectivity index (χ1) is 6.13. The van der Waals surface area contributed by atoms with Gasteiger partial charge in [-0.05, 0) is 9.39 Å². The van der Waals surface area contributed by atoms with Crippen LogP contribution in [-0.4, -0.2) is 26.4 Å². The van der Waals surface area contributed by atoms with Crippen LogP contribution in [0.4, 0.5) is 0 Å². The summed E-state index contributed by atoms with van der Waals surface area (Å²) >= 11 is 0. The molecule has 2 N–H and O–H groups in total. The quantitative estimate of drug-likeness (QED) is 0.694. The fraction of sp³-hybridized carbons (Fsp3) is 0.333. The first-order valence-electron chi connectivity index (χ1n) is 3.60. The van der Waals surface area contributed by atoms with Crippen molar-refractivity contribution in [1.82, 2.24) is 14.4 Å². The number of carboxylic acid groups (broad SMARTS) is 1. The summed E-state index contributed by atoms with van der Waals surface area (Å²) in [6, 6.07) is -0.607. The highest BCUT2D eigenvalue weighted by atomic mass is 31.0. The van der Waals surface area contributed by atoms with Crippen molar-refractivity contribution >= 4 is 24.8 Å². The minimum atomic E-state index is -0.881. The predicted molar refractivity (Wildman–Crippen MR) is 55.3 cm³/mol. The van der Waals surface area contributed by atoms with Gasteiger partial charge in [0.05, 0.1) is 12.0 Å². The maximum atomic E-state index is 10.6. The number of aromatic nitrogens is 2. The smallest absolute Gasteiger partial charge is 0.321 e. The summed E-state index contributed by atoms with van der Waals surface area (Å²) in [5.74, 6) is -0.881. The topological polar surface area (TPSA) is 67.1 Å². The number of nitrogens with zero attached hydrogens (tertiary/aromatic N) is 2. The van der Waals surface area contributed by atoms with Gasteiger partial charge in [-0.25, -0.2) is 4.98 Å². The fourth-order valence-corrected chi connectivity index (χ4v) is 1.41. The summed E-state index contributed by atoms with van der Waals surface area (Å²) in [5, 5.41) is 11.3. The number of imidazole rings is 1. The average molecular weight is 219 g/mol. The Morgan fingerprint density at radius 3 is 2.92 bits per heavy atom. The van der Waals surface area contributed by atoms with E-state index < -0.39 is 12.0 Å². The second kappa shape index (κ2) is 4.66. The average Bonchev–Trinajstić information content (AvgIpc) is 2.46. The zero-order valence-corrected chi connectivity index (χ0v) is 9.15. The zero-order valence-electron chi connectivity index (χ0n) is 6.84. The van der Waals surface area contributed by atoms with Crippen LogP contribution in [0.25, 0.3) is 0 Å². The van der Waals surface area contributed by atoms with Crippen LogP contribution in [0, 0.1) is 0 Å². The third kappa shape index (κ3) is 3.03. The number of carboxylic acids is 1. The van der Waals surface area contributed by atoms with Gasteiger partial charge in [-0.3, -0.25) is 9.88 Å². The van der Waals surface area contributed by atoms with E-state index in [1.807, 2.05) is 0 Å². The Bertz CT molecular complexity index is 302. The van der Waals surface area contributed by atoms with E-state index in [9.17, 15) is 4.79 Å². The maximum absolute atomic E-state index is 10.6. The molecule has 0 radical (unpaired) electrons. The highest BCUT2D eigenvalue weighted by Crippen LogP contribution is 2.04. The van der Waals surface area contributed by atoms with Crippen LogP contribution in [-0.2, 0) is 11.2 Å². The van der Waals surface area contributed by atoms with Crippen molar-refractivity contribution in [2.75, 3.05) is 0 Å². The Balaban J connectivity index is 2.61. The molecule has 0 aliphatic heterocycles. The zero-order chi connectivity index (χ0) is 9.84. The van der Waals surface area contributed by atoms with Crippen LogP contribution in [0.2, 0.25) is 0 Å². The molecule has 5 nitrogen and oxygen atoms in total. The number of carbonyl (C=O) groups is 1. The third-order valence-corrected chi connectivity index (χ3v) is 2.25. The second-order valence-corrected chi connectivity index (χ2v) is 3.50. The van der Waals surface area contributed by atoms with Gasteiger partial charge in [0.1, 0.15) is 6.04 Å². The van der Waals surface area contributed by atoms with E-state index in [0.717, 1.165) is 5.69 Å². The maximum Gasteiger partial charge on any atom is 0.321 e. The minimum absolute atomic E-state index is 0.375. The number of nitrogens with one attached hydrogen (secondary N) is 1. The molecule has 0 aromatic carbocycles. The number of aliphatic carboxylic acids is 1. The molecule has 13 heavy (non-hydrogen) atoms. The molecule has 1 heterocycles. The largest absolute Gasteiger partial charge is 0.480 e. The predicted octanol–water partition coefficient (Wildman–Crippen LogP) is -0.103. The molecule has 0 aliphatic rings. The molecule has 1 aromatic rings. The van der Waals surface area contributed by atoms with E-state index in [4.69, 9.17) is 5.11 Å². The Morgan fingerprint density at radius 1 is 1.85 bits per heavy atom. The molecule has 0 aliphatic carbocycles. The Morgan fingerprint density at radius 2 is 2.54 bits per heavy atom. The van der Waals surface area contributed by atoms with Gasteiger partial charge in [0.15, 0.2) is 0 Å². The van der Waals surface area contributed by atoms with Crippen LogP contribution in [0.15, 0.2) is 12.5 Å². The summed E-state index contributed by atoms with van der Waals surface area (Å²) in [7, 11) is 4.63. The Labute approximate surface area is 80.4 Å². The molecule has 0 saturated heterocycles. The monoisotopic (exact) mass is 219 g/mol. The van der Waals surface area contributed by atoms with Gasteiger partial charge in [0.25, 0.3) is 0 Å². The number of rotatable bonds is 4. The lowest BCUT2D eigenvalue weighted by molar-refractivity contribution is -0.138. The van der Waals surface area contributed by atoms with Gasteiger partial charge in [0, 0.05) is 12.6 Å². The fourth-order valence-electron chi connectivity index (χ4n) is 0.912. The van der Waals surface area contributed by atoms with E-state index >= 15 is 0 Å². The van der Waals surface area contributed by atoms with Crippen molar-refractivity contribution in [2.45, 2.75) is 12.5 Å². The van der Waals surface area contributed by atoms with Gasteiger partial charge in [-0.2, -0.15) is 0 Å². The van der Waals surface area contributed by atoms with Crippen molar-refractivity contribution in [3.05, 3.63) is 18.2 Å². The number of hydrogen-bond donors (Lipinski definition) is 2. The van der Waals surface area contributed by atoms with Crippen LogP contribution < -0.4 is 5.09 Å². The van der Waals surface area contributed by atoms with Gasteiger partial charge in [-0.15, -0.1) is 0 Å². The Kier molecular flexibility index (Phi) is 3.79. The molecule has 0 saturated carbocycles. The van der Waals surface area contributed by atoms with E-state index in [2.05, 4.69) is 28.9 Å². The van der Waals surface area contributed by atoms with Gasteiger partial charge in [-0.1, -0.05) is 9.39 Å². The standard InChI is InChI=1S/C6H11N3O2P2/c10-6(11)5(8-12)1-4-2-9(13)3-7-4/h2-3,5,8H,1,12-13H2,(H,10,11). The van der Waals surface area contributed by atoms with Crippen molar-refractivity contribution in [3.8, 4) is 0 Å². The van der Waals surface area contributed by atoms with Crippen LogP contribution in [0.5, 0.6) is 0 Å². The van der Waals surface area contributed by atoms with E-state index in [-0.39, 0.29) is 0 Å². The van der Waals surface area contributed by atoms with Crippen molar-refractivity contribution < 1.29 is 9.90 Å². The molecule has 0 bridgehead atoms. The molecule has 1 rings (SSSR count). The molecule has 72 valence electrons. The van der Waals surface area contributed by atoms with E-state index in [1.165, 1.54) is 0 Å². The van der Waals surface area contributed by atoms with Crippen LogP contribution in [0.3, 0.4) is 0 Å². The first-order valence-corrected chi connectivity index (χ1v) is 4.69. The lowest BCUT2D eigenvalue weighted by Crippen LogP contribution is -2.32. The third-order valence-electron chi connectivity index (χ3n) is 1.57. The molecule has 0 spiro atoms. The molecular formula is C6H11N3O2P2. The highest BCUT2D eigenvalue weighted by Gasteiger charge is 2.16. The van der Waals surface area contributed by atoms with Crippen LogP contribution >= 0.6 is 18.8 Å². The lowest BCUT2D eigenvalue weighted by Gasteiger charge is -2.07. The molecular weight excluding hydrogens is 208 g/mol. The lowest BCUT2D eigenvalue weighted by atomic mass is 10.2. The van der Waals surface area contributed by atoms with Gasteiger partial charge in [0.2, 0.25) is 0 Å². The Hall–Kier alpha value is -0.500. The second-order valence-electron chi connectivity index (χ2n) is 2.57. The van der Waals surface area contributed by atoms with Crippen molar-refractivity contribution in [2.24, 2.45) is 0 Å². The SMILES string of the molecule is O=C(O)C(Cc1cn(P)cn1)NP.